The summed E-state index contributed by atoms with van der Waals surface area (Å²) in [4.78, 5) is 13.7. The van der Waals surface area contributed by atoms with Gasteiger partial charge in [0.25, 0.3) is 0 Å². The molecule has 0 aliphatic heterocycles. The SMILES string of the molecule is CCOc1c(Cl)cc(/C=C/C(=O)N[C@@H](C[NH+](C)C)c2ccccc2)cc1OC. The molecular weight excluding hydrogens is 376 g/mol. The third-order valence-electron chi connectivity index (χ3n) is 4.10. The Morgan fingerprint density at radius 1 is 1.25 bits per heavy atom. The summed E-state index contributed by atoms with van der Waals surface area (Å²) in [6, 6.07) is 13.4. The van der Waals surface area contributed by atoms with Crippen molar-refractivity contribution in [1.82, 2.24) is 5.32 Å². The van der Waals surface area contributed by atoms with E-state index in [1.54, 1.807) is 25.3 Å². The molecule has 28 heavy (non-hydrogen) atoms. The number of nitrogens with one attached hydrogen (secondary N) is 2. The monoisotopic (exact) mass is 403 g/mol. The highest BCUT2D eigenvalue weighted by Gasteiger charge is 2.16. The van der Waals surface area contributed by atoms with Crippen LogP contribution in [0.15, 0.2) is 48.5 Å². The van der Waals surface area contributed by atoms with Gasteiger partial charge in [0.1, 0.15) is 12.6 Å². The first kappa shape index (κ1) is 21.8. The molecule has 0 saturated heterocycles. The minimum atomic E-state index is -0.168. The van der Waals surface area contributed by atoms with E-state index in [2.05, 4.69) is 19.4 Å². The van der Waals surface area contributed by atoms with Gasteiger partial charge in [0.2, 0.25) is 5.91 Å². The van der Waals surface area contributed by atoms with Gasteiger partial charge in [-0.3, -0.25) is 4.79 Å². The summed E-state index contributed by atoms with van der Waals surface area (Å²) in [5, 5.41) is 3.52. The highest BCUT2D eigenvalue weighted by Crippen LogP contribution is 2.36. The number of benzene rings is 2. The Kier molecular flexibility index (Phi) is 8.36. The number of carbonyl (C=O) groups is 1. The van der Waals surface area contributed by atoms with Gasteiger partial charge in [0, 0.05) is 6.08 Å². The Labute approximate surface area is 171 Å². The number of methoxy groups -OCH3 is 1. The van der Waals surface area contributed by atoms with Crippen LogP contribution >= 0.6 is 11.6 Å². The highest BCUT2D eigenvalue weighted by molar-refractivity contribution is 6.32. The van der Waals surface area contributed by atoms with E-state index >= 15 is 0 Å². The fourth-order valence-corrected chi connectivity index (χ4v) is 3.13. The molecule has 0 aromatic heterocycles. The molecule has 1 atom stereocenters. The zero-order valence-corrected chi connectivity index (χ0v) is 17.5. The molecule has 150 valence electrons. The quantitative estimate of drug-likeness (QED) is 0.633. The van der Waals surface area contributed by atoms with Crippen LogP contribution in [0.3, 0.4) is 0 Å². The molecule has 0 spiro atoms. The Morgan fingerprint density at radius 2 is 1.96 bits per heavy atom. The van der Waals surface area contributed by atoms with Crippen LogP contribution in [0, 0.1) is 0 Å². The number of ether oxygens (including phenoxy) is 2. The lowest BCUT2D eigenvalue weighted by molar-refractivity contribution is -0.860. The minimum Gasteiger partial charge on any atom is -0.493 e. The van der Waals surface area contributed by atoms with Gasteiger partial charge in [-0.05, 0) is 36.3 Å². The van der Waals surface area contributed by atoms with E-state index in [1.165, 1.54) is 11.0 Å². The summed E-state index contributed by atoms with van der Waals surface area (Å²) in [7, 11) is 5.68. The van der Waals surface area contributed by atoms with Gasteiger partial charge >= 0.3 is 0 Å². The molecule has 0 aliphatic carbocycles. The smallest absolute Gasteiger partial charge is 0.244 e. The third-order valence-corrected chi connectivity index (χ3v) is 4.38. The number of halogens is 1. The topological polar surface area (TPSA) is 52.0 Å². The van der Waals surface area contributed by atoms with Crippen molar-refractivity contribution in [3.05, 3.63) is 64.7 Å². The van der Waals surface area contributed by atoms with Crippen molar-refractivity contribution in [2.45, 2.75) is 13.0 Å². The summed E-state index contributed by atoms with van der Waals surface area (Å²) < 4.78 is 10.9. The predicted octanol–water partition coefficient (Wildman–Crippen LogP) is 2.76. The summed E-state index contributed by atoms with van der Waals surface area (Å²) >= 11 is 6.29. The van der Waals surface area contributed by atoms with Crippen molar-refractivity contribution in [2.75, 3.05) is 34.4 Å². The average molecular weight is 404 g/mol. The van der Waals surface area contributed by atoms with Gasteiger partial charge in [0.05, 0.1) is 32.8 Å². The molecule has 0 heterocycles. The number of hydrogen-bond donors (Lipinski definition) is 2. The fourth-order valence-electron chi connectivity index (χ4n) is 2.86. The maximum atomic E-state index is 12.5. The first-order chi connectivity index (χ1) is 13.4. The normalized spacial score (nSPS) is 12.2. The number of carbonyl (C=O) groups excluding carboxylic acids is 1. The first-order valence-electron chi connectivity index (χ1n) is 9.27. The zero-order chi connectivity index (χ0) is 20.5. The molecule has 2 aromatic carbocycles. The Balaban J connectivity index is 2.14. The van der Waals surface area contributed by atoms with E-state index < -0.39 is 0 Å². The molecule has 2 aromatic rings. The number of likely N-dealkylation sites (N-methyl/N-ethyl adjacent to an activating group) is 1. The molecular formula is C22H28ClN2O3+. The molecule has 2 N–H and O–H groups in total. The number of rotatable bonds is 9. The van der Waals surface area contributed by atoms with Gasteiger partial charge in [-0.15, -0.1) is 0 Å². The van der Waals surface area contributed by atoms with E-state index in [9.17, 15) is 4.79 Å². The second-order valence-electron chi connectivity index (χ2n) is 6.68. The lowest BCUT2D eigenvalue weighted by Gasteiger charge is -2.20. The van der Waals surface area contributed by atoms with Crippen LogP contribution in [0.25, 0.3) is 6.08 Å². The van der Waals surface area contributed by atoms with Gasteiger partial charge in [-0.1, -0.05) is 41.9 Å². The van der Waals surface area contributed by atoms with Crippen molar-refractivity contribution in [3.63, 3.8) is 0 Å². The van der Waals surface area contributed by atoms with Crippen LogP contribution in [0.5, 0.6) is 11.5 Å². The number of hydrogen-bond acceptors (Lipinski definition) is 3. The first-order valence-corrected chi connectivity index (χ1v) is 9.65. The molecule has 0 fully saturated rings. The maximum Gasteiger partial charge on any atom is 0.244 e. The highest BCUT2D eigenvalue weighted by atomic mass is 35.5. The van der Waals surface area contributed by atoms with E-state index in [-0.39, 0.29) is 11.9 Å². The molecule has 0 radical (unpaired) electrons. The summed E-state index contributed by atoms with van der Waals surface area (Å²) in [5.74, 6) is 0.873. The van der Waals surface area contributed by atoms with Gasteiger partial charge in [-0.25, -0.2) is 0 Å². The Bertz CT molecular complexity index is 807. The van der Waals surface area contributed by atoms with E-state index in [0.717, 1.165) is 17.7 Å². The number of quaternary nitrogens is 1. The van der Waals surface area contributed by atoms with Gasteiger partial charge < -0.3 is 19.7 Å². The number of amides is 1. The molecule has 6 heteroatoms. The van der Waals surface area contributed by atoms with Crippen molar-refractivity contribution < 1.29 is 19.2 Å². The van der Waals surface area contributed by atoms with Gasteiger partial charge in [-0.2, -0.15) is 0 Å². The van der Waals surface area contributed by atoms with E-state index in [1.807, 2.05) is 37.3 Å². The van der Waals surface area contributed by atoms with Crippen LogP contribution in [-0.4, -0.2) is 40.3 Å². The van der Waals surface area contributed by atoms with Crippen LogP contribution in [0.1, 0.15) is 24.1 Å². The standard InChI is InChI=1S/C22H27ClN2O3/c1-5-28-22-18(23)13-16(14-20(22)27-4)11-12-21(26)24-19(15-25(2)3)17-9-7-6-8-10-17/h6-14,19H,5,15H2,1-4H3,(H,24,26)/p+1/b12-11+/t19-/m0/s1. The van der Waals surface area contributed by atoms with Crippen LogP contribution in [0.2, 0.25) is 5.02 Å². The van der Waals surface area contributed by atoms with Crippen LogP contribution in [-0.2, 0) is 4.79 Å². The van der Waals surface area contributed by atoms with E-state index in [4.69, 9.17) is 21.1 Å². The van der Waals surface area contributed by atoms with Crippen LogP contribution in [0.4, 0.5) is 0 Å². The van der Waals surface area contributed by atoms with E-state index in [0.29, 0.717) is 23.1 Å². The molecule has 5 nitrogen and oxygen atoms in total. The molecule has 1 amide bonds. The van der Waals surface area contributed by atoms with Crippen molar-refractivity contribution in [1.29, 1.82) is 0 Å². The molecule has 0 saturated carbocycles. The largest absolute Gasteiger partial charge is 0.493 e. The zero-order valence-electron chi connectivity index (χ0n) is 16.8. The second-order valence-corrected chi connectivity index (χ2v) is 7.09. The minimum absolute atomic E-state index is 0.0678. The average Bonchev–Trinajstić information content (AvgIpc) is 2.68. The fraction of sp³-hybridized carbons (Fsp3) is 0.318. The lowest BCUT2D eigenvalue weighted by Crippen LogP contribution is -3.06. The summed E-state index contributed by atoms with van der Waals surface area (Å²) in [6.07, 6.45) is 3.22. The van der Waals surface area contributed by atoms with Crippen molar-refractivity contribution in [2.24, 2.45) is 0 Å². The summed E-state index contributed by atoms with van der Waals surface area (Å²) in [5.41, 5.74) is 1.84. The van der Waals surface area contributed by atoms with Crippen molar-refractivity contribution in [3.8, 4) is 11.5 Å². The van der Waals surface area contributed by atoms with Gasteiger partial charge in [0.15, 0.2) is 11.5 Å². The predicted molar refractivity (Wildman–Crippen MR) is 113 cm³/mol. The van der Waals surface area contributed by atoms with Crippen molar-refractivity contribution >= 4 is 23.6 Å². The Hall–Kier alpha value is -2.50. The molecule has 2 rings (SSSR count). The molecule has 0 aliphatic rings. The maximum absolute atomic E-state index is 12.5. The van der Waals surface area contributed by atoms with Crippen LogP contribution < -0.4 is 19.7 Å². The third kappa shape index (κ3) is 6.29. The second kappa shape index (κ2) is 10.7. The Morgan fingerprint density at radius 3 is 2.57 bits per heavy atom. The lowest BCUT2D eigenvalue weighted by atomic mass is 10.1. The summed E-state index contributed by atoms with van der Waals surface area (Å²) in [6.45, 7) is 3.15. The molecule has 0 unspecified atom stereocenters. The molecule has 0 bridgehead atoms.